The van der Waals surface area contributed by atoms with Crippen molar-refractivity contribution in [2.45, 2.75) is 37.1 Å². The molecule has 1 aliphatic rings. The van der Waals surface area contributed by atoms with Crippen LogP contribution in [0.1, 0.15) is 25.7 Å². The molecule has 0 spiro atoms. The predicted molar refractivity (Wildman–Crippen MR) is 40.0 cm³/mol. The van der Waals surface area contributed by atoms with Crippen LogP contribution in [-0.2, 0) is 4.79 Å². The maximum atomic E-state index is 9.84. The van der Waals surface area contributed by atoms with Crippen LogP contribution in [0.5, 0.6) is 0 Å². The highest BCUT2D eigenvalue weighted by Gasteiger charge is 2.18. The van der Waals surface area contributed by atoms with Crippen LogP contribution in [0.15, 0.2) is 4.99 Å². The second-order valence-electron chi connectivity index (χ2n) is 2.64. The molecule has 0 amide bonds. The molecule has 2 unspecified atom stereocenters. The first kappa shape index (κ1) is 7.77. The second-order valence-corrected chi connectivity index (χ2v) is 3.26. The quantitative estimate of drug-likeness (QED) is 0.326. The normalized spacial score (nSPS) is 32.9. The van der Waals surface area contributed by atoms with Crippen LogP contribution in [0.2, 0.25) is 0 Å². The maximum absolute atomic E-state index is 9.84. The maximum Gasteiger partial charge on any atom is 0.235 e. The van der Waals surface area contributed by atoms with Gasteiger partial charge in [0.25, 0.3) is 0 Å². The van der Waals surface area contributed by atoms with Crippen molar-refractivity contribution in [2.75, 3.05) is 0 Å². The smallest absolute Gasteiger partial charge is 0.211 e. The number of rotatable bonds is 1. The van der Waals surface area contributed by atoms with Gasteiger partial charge in [0.2, 0.25) is 6.08 Å². The second kappa shape index (κ2) is 3.75. The lowest BCUT2D eigenvalue weighted by atomic mass is 9.96. The minimum absolute atomic E-state index is 0.147. The molecule has 56 valence electrons. The van der Waals surface area contributed by atoms with E-state index in [0.717, 1.165) is 25.7 Å². The minimum atomic E-state index is 0.147. The van der Waals surface area contributed by atoms with E-state index < -0.39 is 0 Å². The Kier molecular flexibility index (Phi) is 2.91. The van der Waals surface area contributed by atoms with Crippen LogP contribution in [0, 0.1) is 0 Å². The fourth-order valence-electron chi connectivity index (χ4n) is 1.30. The summed E-state index contributed by atoms with van der Waals surface area (Å²) in [4.78, 5) is 13.5. The molecule has 10 heavy (non-hydrogen) atoms. The van der Waals surface area contributed by atoms with Crippen molar-refractivity contribution in [1.29, 1.82) is 0 Å². The first-order valence-corrected chi connectivity index (χ1v) is 3.97. The van der Waals surface area contributed by atoms with Gasteiger partial charge < -0.3 is 0 Å². The molecule has 1 rings (SSSR count). The van der Waals surface area contributed by atoms with Gasteiger partial charge in [0.15, 0.2) is 0 Å². The third kappa shape index (κ3) is 2.13. The molecular formula is C7H10ClNO. The van der Waals surface area contributed by atoms with Gasteiger partial charge in [-0.05, 0) is 25.7 Å². The van der Waals surface area contributed by atoms with Crippen molar-refractivity contribution in [1.82, 2.24) is 0 Å². The van der Waals surface area contributed by atoms with Crippen LogP contribution >= 0.6 is 11.6 Å². The van der Waals surface area contributed by atoms with E-state index in [9.17, 15) is 4.79 Å². The fraction of sp³-hybridized carbons (Fsp3) is 0.857. The number of carbonyl (C=O) groups excluding carboxylic acids is 1. The van der Waals surface area contributed by atoms with Gasteiger partial charge in [0, 0.05) is 5.38 Å². The zero-order chi connectivity index (χ0) is 7.40. The Morgan fingerprint density at radius 2 is 2.30 bits per heavy atom. The van der Waals surface area contributed by atoms with Crippen molar-refractivity contribution in [3.63, 3.8) is 0 Å². The highest BCUT2D eigenvalue weighted by Crippen LogP contribution is 2.24. The van der Waals surface area contributed by atoms with E-state index >= 15 is 0 Å². The summed E-state index contributed by atoms with van der Waals surface area (Å²) in [5.41, 5.74) is 0. The van der Waals surface area contributed by atoms with Crippen LogP contribution in [0.4, 0.5) is 0 Å². The third-order valence-electron chi connectivity index (χ3n) is 1.82. The molecule has 0 aromatic heterocycles. The highest BCUT2D eigenvalue weighted by molar-refractivity contribution is 6.20. The zero-order valence-electron chi connectivity index (χ0n) is 5.72. The first-order valence-electron chi connectivity index (χ1n) is 3.54. The summed E-state index contributed by atoms with van der Waals surface area (Å²) in [7, 11) is 0. The standard InChI is InChI=1S/C7H10ClNO/c8-6-2-1-3-7(4-6)9-5-10/h6-7H,1-4H2. The molecular weight excluding hydrogens is 150 g/mol. The topological polar surface area (TPSA) is 29.4 Å². The van der Waals surface area contributed by atoms with E-state index in [0.29, 0.717) is 0 Å². The molecule has 1 fully saturated rings. The van der Waals surface area contributed by atoms with Crippen LogP contribution in [0.3, 0.4) is 0 Å². The van der Waals surface area contributed by atoms with Crippen molar-refractivity contribution in [3.05, 3.63) is 0 Å². The molecule has 0 aromatic carbocycles. The van der Waals surface area contributed by atoms with Crippen LogP contribution in [-0.4, -0.2) is 17.5 Å². The zero-order valence-corrected chi connectivity index (χ0v) is 6.47. The number of halogens is 1. The first-order chi connectivity index (χ1) is 4.83. The SMILES string of the molecule is O=C=NC1CCCC(Cl)C1. The Bertz CT molecular complexity index is 154. The lowest BCUT2D eigenvalue weighted by Gasteiger charge is -2.20. The van der Waals surface area contributed by atoms with Crippen molar-refractivity contribution < 1.29 is 4.79 Å². The average molecular weight is 160 g/mol. The summed E-state index contributed by atoms with van der Waals surface area (Å²) in [6.45, 7) is 0. The van der Waals surface area contributed by atoms with Gasteiger partial charge in [-0.1, -0.05) is 0 Å². The molecule has 3 heteroatoms. The molecule has 0 N–H and O–H groups in total. The van der Waals surface area contributed by atoms with E-state index in [1.807, 2.05) is 0 Å². The summed E-state index contributed by atoms with van der Waals surface area (Å²) >= 11 is 5.86. The van der Waals surface area contributed by atoms with E-state index in [2.05, 4.69) is 4.99 Å². The van der Waals surface area contributed by atoms with E-state index in [1.165, 1.54) is 0 Å². The van der Waals surface area contributed by atoms with Crippen LogP contribution in [0.25, 0.3) is 0 Å². The number of alkyl halides is 1. The van der Waals surface area contributed by atoms with Gasteiger partial charge in [0.1, 0.15) is 0 Å². The lowest BCUT2D eigenvalue weighted by Crippen LogP contribution is -2.17. The van der Waals surface area contributed by atoms with Crippen molar-refractivity contribution in [3.8, 4) is 0 Å². The number of hydrogen-bond acceptors (Lipinski definition) is 2. The molecule has 0 aromatic rings. The molecule has 0 aliphatic heterocycles. The number of hydrogen-bond donors (Lipinski definition) is 0. The molecule has 2 nitrogen and oxygen atoms in total. The molecule has 2 atom stereocenters. The Hall–Kier alpha value is -0.330. The van der Waals surface area contributed by atoms with Crippen molar-refractivity contribution >= 4 is 17.7 Å². The summed E-state index contributed by atoms with van der Waals surface area (Å²) < 4.78 is 0. The molecule has 0 heterocycles. The van der Waals surface area contributed by atoms with E-state index in [-0.39, 0.29) is 11.4 Å². The van der Waals surface area contributed by atoms with Gasteiger partial charge in [-0.3, -0.25) is 0 Å². The van der Waals surface area contributed by atoms with Crippen molar-refractivity contribution in [2.24, 2.45) is 4.99 Å². The summed E-state index contributed by atoms with van der Waals surface area (Å²) in [6, 6.07) is 0.147. The van der Waals surface area contributed by atoms with E-state index in [1.54, 1.807) is 6.08 Å². The fourth-order valence-corrected chi connectivity index (χ4v) is 1.66. The Labute approximate surface area is 65.3 Å². The average Bonchev–Trinajstić information content (AvgIpc) is 1.88. The summed E-state index contributed by atoms with van der Waals surface area (Å²) in [6.07, 6.45) is 5.57. The Morgan fingerprint density at radius 1 is 1.50 bits per heavy atom. The van der Waals surface area contributed by atoms with E-state index in [4.69, 9.17) is 11.6 Å². The Morgan fingerprint density at radius 3 is 2.90 bits per heavy atom. The summed E-state index contributed by atoms with van der Waals surface area (Å²) in [5.74, 6) is 0. The Balaban J connectivity index is 2.39. The van der Waals surface area contributed by atoms with Gasteiger partial charge in [0.05, 0.1) is 6.04 Å². The lowest BCUT2D eigenvalue weighted by molar-refractivity contribution is 0.445. The number of nitrogens with zero attached hydrogens (tertiary/aromatic N) is 1. The molecule has 0 radical (unpaired) electrons. The predicted octanol–water partition coefficient (Wildman–Crippen LogP) is 1.87. The molecule has 0 saturated heterocycles. The molecule has 1 aliphatic carbocycles. The molecule has 1 saturated carbocycles. The highest BCUT2D eigenvalue weighted by atomic mass is 35.5. The number of aliphatic imine (C=N–C) groups is 1. The molecule has 0 bridgehead atoms. The largest absolute Gasteiger partial charge is 0.235 e. The third-order valence-corrected chi connectivity index (χ3v) is 2.21. The summed E-state index contributed by atoms with van der Waals surface area (Å²) in [5, 5.41) is 0.218. The van der Waals surface area contributed by atoms with Gasteiger partial charge in [-0.25, -0.2) is 9.79 Å². The van der Waals surface area contributed by atoms with Gasteiger partial charge in [-0.2, -0.15) is 0 Å². The van der Waals surface area contributed by atoms with Gasteiger partial charge in [-0.15, -0.1) is 11.6 Å². The number of isocyanates is 1. The van der Waals surface area contributed by atoms with Gasteiger partial charge >= 0.3 is 0 Å². The monoisotopic (exact) mass is 159 g/mol. The van der Waals surface area contributed by atoms with Crippen LogP contribution < -0.4 is 0 Å². The minimum Gasteiger partial charge on any atom is -0.211 e.